The molecule has 2 unspecified atom stereocenters. The Morgan fingerprint density at radius 1 is 1.57 bits per heavy atom. The highest BCUT2D eigenvalue weighted by Gasteiger charge is 2.44. The highest BCUT2D eigenvalue weighted by atomic mass is 35.5. The van der Waals surface area contributed by atoms with Crippen LogP contribution in [0.15, 0.2) is 24.3 Å². The molecule has 116 valence electrons. The van der Waals surface area contributed by atoms with Crippen molar-refractivity contribution in [2.75, 3.05) is 25.5 Å². The van der Waals surface area contributed by atoms with Gasteiger partial charge in [0, 0.05) is 23.3 Å². The van der Waals surface area contributed by atoms with E-state index in [2.05, 4.69) is 24.2 Å². The molecular formula is C16H23ClN2O2. The van der Waals surface area contributed by atoms with Crippen LogP contribution in [0.2, 0.25) is 5.02 Å². The van der Waals surface area contributed by atoms with E-state index in [4.69, 9.17) is 16.3 Å². The number of anilines is 1. The minimum atomic E-state index is -0.674. The molecule has 0 amide bonds. The Bertz CT molecular complexity index is 509. The largest absolute Gasteiger partial charge is 0.464 e. The Hall–Kier alpha value is -1.26. The van der Waals surface area contributed by atoms with Gasteiger partial charge in [-0.1, -0.05) is 17.7 Å². The molecule has 0 bridgehead atoms. The molecule has 1 aliphatic rings. The second-order valence-corrected chi connectivity index (χ2v) is 6.16. The van der Waals surface area contributed by atoms with Gasteiger partial charge in [-0.15, -0.1) is 0 Å². The van der Waals surface area contributed by atoms with Crippen molar-refractivity contribution >= 4 is 23.3 Å². The van der Waals surface area contributed by atoms with Gasteiger partial charge in [-0.05, 0) is 51.9 Å². The van der Waals surface area contributed by atoms with E-state index < -0.39 is 5.54 Å². The van der Waals surface area contributed by atoms with E-state index in [-0.39, 0.29) is 5.97 Å². The number of ether oxygens (including phenoxy) is 1. The molecule has 1 N–H and O–H groups in total. The molecule has 2 atom stereocenters. The minimum Gasteiger partial charge on any atom is -0.464 e. The number of hydrogen-bond acceptors (Lipinski definition) is 4. The molecule has 0 spiro atoms. The van der Waals surface area contributed by atoms with E-state index >= 15 is 0 Å². The molecule has 1 aromatic carbocycles. The van der Waals surface area contributed by atoms with E-state index in [0.717, 1.165) is 25.1 Å². The summed E-state index contributed by atoms with van der Waals surface area (Å²) in [6.45, 7) is 5.21. The lowest BCUT2D eigenvalue weighted by molar-refractivity contribution is -0.151. The number of nitrogens with zero attached hydrogens (tertiary/aromatic N) is 1. The highest BCUT2D eigenvalue weighted by molar-refractivity contribution is 6.30. The summed E-state index contributed by atoms with van der Waals surface area (Å²) in [7, 11) is 2.08. The van der Waals surface area contributed by atoms with Crippen molar-refractivity contribution in [3.8, 4) is 0 Å². The number of carbonyl (C=O) groups is 1. The van der Waals surface area contributed by atoms with Crippen molar-refractivity contribution in [3.05, 3.63) is 29.3 Å². The van der Waals surface area contributed by atoms with Gasteiger partial charge in [0.25, 0.3) is 0 Å². The average Bonchev–Trinajstić information content (AvgIpc) is 2.43. The summed E-state index contributed by atoms with van der Waals surface area (Å²) in [5.41, 5.74) is 0.180. The first-order valence-electron chi connectivity index (χ1n) is 7.38. The Labute approximate surface area is 131 Å². The number of nitrogens with one attached hydrogen (secondary N) is 1. The van der Waals surface area contributed by atoms with Crippen molar-refractivity contribution in [1.29, 1.82) is 0 Å². The van der Waals surface area contributed by atoms with Gasteiger partial charge in [-0.3, -0.25) is 0 Å². The SMILES string of the molecule is CCOC(=O)C1(Nc2cccc(Cl)c2)CCN(C)C(C)C1. The summed E-state index contributed by atoms with van der Waals surface area (Å²) in [6, 6.07) is 7.78. The van der Waals surface area contributed by atoms with Crippen LogP contribution < -0.4 is 5.32 Å². The third kappa shape index (κ3) is 3.69. The first kappa shape index (κ1) is 16.1. The second-order valence-electron chi connectivity index (χ2n) is 5.72. The van der Waals surface area contributed by atoms with Crippen molar-refractivity contribution in [2.24, 2.45) is 0 Å². The number of rotatable bonds is 4. The molecule has 5 heteroatoms. The second kappa shape index (κ2) is 6.67. The molecule has 0 aromatic heterocycles. The van der Waals surface area contributed by atoms with Crippen molar-refractivity contribution < 1.29 is 9.53 Å². The number of halogens is 1. The van der Waals surface area contributed by atoms with Crippen LogP contribution in [0.3, 0.4) is 0 Å². The van der Waals surface area contributed by atoms with Crippen LogP contribution in [-0.4, -0.2) is 42.6 Å². The summed E-state index contributed by atoms with van der Waals surface area (Å²) < 4.78 is 5.32. The van der Waals surface area contributed by atoms with Gasteiger partial charge in [0.15, 0.2) is 0 Å². The van der Waals surface area contributed by atoms with Crippen LogP contribution in [0.25, 0.3) is 0 Å². The topological polar surface area (TPSA) is 41.6 Å². The third-order valence-corrected chi connectivity index (χ3v) is 4.40. The van der Waals surface area contributed by atoms with Crippen LogP contribution in [0.5, 0.6) is 0 Å². The van der Waals surface area contributed by atoms with Crippen molar-refractivity contribution in [2.45, 2.75) is 38.3 Å². The predicted molar refractivity (Wildman–Crippen MR) is 85.8 cm³/mol. The minimum absolute atomic E-state index is 0.176. The van der Waals surface area contributed by atoms with Gasteiger partial charge < -0.3 is 15.0 Å². The maximum absolute atomic E-state index is 12.5. The van der Waals surface area contributed by atoms with Gasteiger partial charge in [0.05, 0.1) is 6.61 Å². The lowest BCUT2D eigenvalue weighted by Crippen LogP contribution is -2.57. The lowest BCUT2D eigenvalue weighted by Gasteiger charge is -2.43. The monoisotopic (exact) mass is 310 g/mol. The van der Waals surface area contributed by atoms with E-state index in [1.165, 1.54) is 0 Å². The molecule has 1 aromatic rings. The average molecular weight is 311 g/mol. The molecule has 1 saturated heterocycles. The first-order chi connectivity index (χ1) is 9.97. The zero-order chi connectivity index (χ0) is 15.5. The Morgan fingerprint density at radius 3 is 2.95 bits per heavy atom. The molecule has 1 fully saturated rings. The Kier molecular flexibility index (Phi) is 5.12. The number of esters is 1. The van der Waals surface area contributed by atoms with E-state index in [1.54, 1.807) is 0 Å². The fraction of sp³-hybridized carbons (Fsp3) is 0.562. The van der Waals surface area contributed by atoms with Crippen LogP contribution in [0.1, 0.15) is 26.7 Å². The number of hydrogen-bond donors (Lipinski definition) is 1. The molecular weight excluding hydrogens is 288 g/mol. The molecule has 0 radical (unpaired) electrons. The molecule has 4 nitrogen and oxygen atoms in total. The summed E-state index contributed by atoms with van der Waals surface area (Å²) in [4.78, 5) is 14.8. The number of likely N-dealkylation sites (tertiary alicyclic amines) is 1. The van der Waals surface area contributed by atoms with E-state index in [1.807, 2.05) is 31.2 Å². The number of carbonyl (C=O) groups excluding carboxylic acids is 1. The zero-order valence-electron chi connectivity index (χ0n) is 12.9. The third-order valence-electron chi connectivity index (χ3n) is 4.16. The normalized spacial score (nSPS) is 26.4. The standard InChI is InChI=1S/C16H23ClN2O2/c1-4-21-15(20)16(8-9-19(3)12(2)11-16)18-14-7-5-6-13(17)10-14/h5-7,10,12,18H,4,8-9,11H2,1-3H3. The lowest BCUT2D eigenvalue weighted by atomic mass is 9.83. The smallest absolute Gasteiger partial charge is 0.331 e. The zero-order valence-corrected chi connectivity index (χ0v) is 13.6. The Morgan fingerprint density at radius 2 is 2.33 bits per heavy atom. The number of benzene rings is 1. The Balaban J connectivity index is 2.26. The summed E-state index contributed by atoms with van der Waals surface area (Å²) in [6.07, 6.45) is 1.44. The van der Waals surface area contributed by atoms with E-state index in [9.17, 15) is 4.79 Å². The van der Waals surface area contributed by atoms with E-state index in [0.29, 0.717) is 17.7 Å². The maximum atomic E-state index is 12.5. The fourth-order valence-corrected chi connectivity index (χ4v) is 3.00. The van der Waals surface area contributed by atoms with Gasteiger partial charge in [-0.25, -0.2) is 4.79 Å². The molecule has 21 heavy (non-hydrogen) atoms. The molecule has 1 heterocycles. The van der Waals surface area contributed by atoms with Gasteiger partial charge in [-0.2, -0.15) is 0 Å². The van der Waals surface area contributed by atoms with Gasteiger partial charge in [0.2, 0.25) is 0 Å². The van der Waals surface area contributed by atoms with Crippen molar-refractivity contribution in [3.63, 3.8) is 0 Å². The fourth-order valence-electron chi connectivity index (χ4n) is 2.81. The summed E-state index contributed by atoms with van der Waals surface area (Å²) in [5, 5.41) is 4.04. The van der Waals surface area contributed by atoms with Crippen molar-refractivity contribution in [1.82, 2.24) is 4.90 Å². The molecule has 1 aliphatic heterocycles. The predicted octanol–water partition coefficient (Wildman–Crippen LogP) is 3.17. The molecule has 0 saturated carbocycles. The van der Waals surface area contributed by atoms with Gasteiger partial charge >= 0.3 is 5.97 Å². The highest BCUT2D eigenvalue weighted by Crippen LogP contribution is 2.32. The van der Waals surface area contributed by atoms with Crippen LogP contribution in [-0.2, 0) is 9.53 Å². The summed E-state index contributed by atoms with van der Waals surface area (Å²) >= 11 is 6.04. The molecule has 0 aliphatic carbocycles. The molecule has 2 rings (SSSR count). The quantitative estimate of drug-likeness (QED) is 0.867. The van der Waals surface area contributed by atoms with Crippen LogP contribution in [0.4, 0.5) is 5.69 Å². The van der Waals surface area contributed by atoms with Crippen LogP contribution >= 0.6 is 11.6 Å². The van der Waals surface area contributed by atoms with Gasteiger partial charge in [0.1, 0.15) is 5.54 Å². The van der Waals surface area contributed by atoms with Crippen LogP contribution in [0, 0.1) is 0 Å². The summed E-state index contributed by atoms with van der Waals surface area (Å²) in [5.74, 6) is -0.176. The maximum Gasteiger partial charge on any atom is 0.331 e. The first-order valence-corrected chi connectivity index (χ1v) is 7.76. The number of piperidine rings is 1.